The van der Waals surface area contributed by atoms with Crippen LogP contribution in [0.15, 0.2) is 0 Å². The van der Waals surface area contributed by atoms with Gasteiger partial charge in [0.1, 0.15) is 6.04 Å². The highest BCUT2D eigenvalue weighted by Crippen LogP contribution is 1.86. The second-order valence-corrected chi connectivity index (χ2v) is 2.93. The molecule has 0 spiro atoms. The van der Waals surface area contributed by atoms with Crippen LogP contribution in [0, 0.1) is 0 Å². The highest BCUT2D eigenvalue weighted by atomic mass is 16.5. The number of hydrogen-bond donors (Lipinski definition) is 2. The second kappa shape index (κ2) is 5.97. The van der Waals surface area contributed by atoms with Gasteiger partial charge in [-0.3, -0.25) is 4.79 Å². The fourth-order valence-electron chi connectivity index (χ4n) is 0.657. The molecule has 0 aliphatic rings. The van der Waals surface area contributed by atoms with Gasteiger partial charge in [-0.25, -0.2) is 0 Å². The quantitative estimate of drug-likeness (QED) is 0.576. The topological polar surface area (TPSA) is 58.6 Å². The van der Waals surface area contributed by atoms with Gasteiger partial charge in [-0.15, -0.1) is 0 Å². The third-order valence-corrected chi connectivity index (χ3v) is 1.37. The standard InChI is InChI=1S/C8H17NO3/c1-6(2)12-5-4-9-7(3)8(10)11/h6-7,9H,4-5H2,1-3H3,(H,10,11)/t7-/m1/s1. The van der Waals surface area contributed by atoms with Crippen molar-refractivity contribution in [2.45, 2.75) is 32.9 Å². The Labute approximate surface area is 72.9 Å². The van der Waals surface area contributed by atoms with Gasteiger partial charge in [0.25, 0.3) is 0 Å². The molecule has 4 nitrogen and oxygen atoms in total. The van der Waals surface area contributed by atoms with Crippen molar-refractivity contribution < 1.29 is 14.6 Å². The van der Waals surface area contributed by atoms with Crippen LogP contribution in [0.1, 0.15) is 20.8 Å². The molecule has 0 saturated carbocycles. The summed E-state index contributed by atoms with van der Waals surface area (Å²) in [6.45, 7) is 6.62. The highest BCUT2D eigenvalue weighted by molar-refractivity contribution is 5.72. The molecule has 0 heterocycles. The lowest BCUT2D eigenvalue weighted by molar-refractivity contribution is -0.139. The van der Waals surface area contributed by atoms with E-state index in [1.54, 1.807) is 6.92 Å². The minimum atomic E-state index is -0.834. The van der Waals surface area contributed by atoms with Gasteiger partial charge in [-0.1, -0.05) is 0 Å². The van der Waals surface area contributed by atoms with E-state index in [0.717, 1.165) is 0 Å². The van der Waals surface area contributed by atoms with Crippen molar-refractivity contribution in [3.05, 3.63) is 0 Å². The third-order valence-electron chi connectivity index (χ3n) is 1.37. The summed E-state index contributed by atoms with van der Waals surface area (Å²) in [5, 5.41) is 11.3. The van der Waals surface area contributed by atoms with Crippen LogP contribution < -0.4 is 5.32 Å². The Hall–Kier alpha value is -0.610. The molecule has 0 aromatic heterocycles. The zero-order valence-electron chi connectivity index (χ0n) is 7.83. The van der Waals surface area contributed by atoms with Crippen molar-refractivity contribution in [1.29, 1.82) is 0 Å². The van der Waals surface area contributed by atoms with Gasteiger partial charge in [-0.2, -0.15) is 0 Å². The van der Waals surface area contributed by atoms with Gasteiger partial charge in [0.15, 0.2) is 0 Å². The number of aliphatic carboxylic acids is 1. The van der Waals surface area contributed by atoms with E-state index in [4.69, 9.17) is 9.84 Å². The minimum Gasteiger partial charge on any atom is -0.480 e. The fraction of sp³-hybridized carbons (Fsp3) is 0.875. The van der Waals surface area contributed by atoms with Gasteiger partial charge >= 0.3 is 5.97 Å². The Balaban J connectivity index is 3.25. The molecule has 12 heavy (non-hydrogen) atoms. The molecule has 72 valence electrons. The lowest BCUT2D eigenvalue weighted by atomic mass is 10.3. The summed E-state index contributed by atoms with van der Waals surface area (Å²) < 4.78 is 5.22. The number of hydrogen-bond acceptors (Lipinski definition) is 3. The van der Waals surface area contributed by atoms with Gasteiger partial charge in [-0.05, 0) is 20.8 Å². The molecular weight excluding hydrogens is 158 g/mol. The van der Waals surface area contributed by atoms with Gasteiger partial charge in [0.05, 0.1) is 12.7 Å². The van der Waals surface area contributed by atoms with E-state index < -0.39 is 12.0 Å². The van der Waals surface area contributed by atoms with E-state index in [-0.39, 0.29) is 6.10 Å². The van der Waals surface area contributed by atoms with Crippen LogP contribution in [0.3, 0.4) is 0 Å². The fourth-order valence-corrected chi connectivity index (χ4v) is 0.657. The Kier molecular flexibility index (Phi) is 5.66. The Bertz CT molecular complexity index is 136. The van der Waals surface area contributed by atoms with Gasteiger partial charge < -0.3 is 15.2 Å². The molecule has 1 atom stereocenters. The van der Waals surface area contributed by atoms with Gasteiger partial charge in [0, 0.05) is 6.54 Å². The maximum Gasteiger partial charge on any atom is 0.320 e. The number of rotatable bonds is 6. The molecule has 0 aliphatic carbocycles. The summed E-state index contributed by atoms with van der Waals surface area (Å²) in [5.74, 6) is -0.834. The molecule has 0 saturated heterocycles. The average molecular weight is 175 g/mol. The molecule has 4 heteroatoms. The zero-order valence-corrected chi connectivity index (χ0v) is 7.83. The molecule has 0 rings (SSSR count). The van der Waals surface area contributed by atoms with Crippen LogP contribution in [-0.4, -0.2) is 36.4 Å². The van der Waals surface area contributed by atoms with Crippen LogP contribution in [-0.2, 0) is 9.53 Å². The zero-order chi connectivity index (χ0) is 9.56. The van der Waals surface area contributed by atoms with E-state index in [0.29, 0.717) is 13.2 Å². The first-order valence-electron chi connectivity index (χ1n) is 4.12. The average Bonchev–Trinajstić information content (AvgIpc) is 1.97. The molecule has 0 aromatic carbocycles. The lowest BCUT2D eigenvalue weighted by Crippen LogP contribution is -2.36. The molecule has 0 bridgehead atoms. The van der Waals surface area contributed by atoms with E-state index in [1.807, 2.05) is 13.8 Å². The van der Waals surface area contributed by atoms with E-state index in [9.17, 15) is 4.79 Å². The Morgan fingerprint density at radius 3 is 2.50 bits per heavy atom. The SMILES string of the molecule is CC(C)OCCN[C@H](C)C(=O)O. The molecule has 2 N–H and O–H groups in total. The van der Waals surface area contributed by atoms with Crippen LogP contribution in [0.5, 0.6) is 0 Å². The van der Waals surface area contributed by atoms with Gasteiger partial charge in [0.2, 0.25) is 0 Å². The largest absolute Gasteiger partial charge is 0.480 e. The summed E-state index contributed by atoms with van der Waals surface area (Å²) in [5.41, 5.74) is 0. The summed E-state index contributed by atoms with van der Waals surface area (Å²) in [6.07, 6.45) is 0.201. The number of nitrogens with one attached hydrogen (secondary N) is 1. The monoisotopic (exact) mass is 175 g/mol. The predicted molar refractivity (Wildman–Crippen MR) is 46.2 cm³/mol. The lowest BCUT2D eigenvalue weighted by Gasteiger charge is -2.10. The number of carboxylic acid groups (broad SMARTS) is 1. The molecule has 0 unspecified atom stereocenters. The molecule has 0 amide bonds. The summed E-state index contributed by atoms with van der Waals surface area (Å²) in [4.78, 5) is 10.3. The maximum absolute atomic E-state index is 10.3. The summed E-state index contributed by atoms with van der Waals surface area (Å²) in [7, 11) is 0. The third kappa shape index (κ3) is 6.12. The smallest absolute Gasteiger partial charge is 0.320 e. The van der Waals surface area contributed by atoms with Crippen molar-refractivity contribution >= 4 is 5.97 Å². The van der Waals surface area contributed by atoms with Crippen molar-refractivity contribution in [2.24, 2.45) is 0 Å². The Morgan fingerprint density at radius 2 is 2.08 bits per heavy atom. The van der Waals surface area contributed by atoms with Crippen molar-refractivity contribution in [2.75, 3.05) is 13.2 Å². The van der Waals surface area contributed by atoms with Crippen LogP contribution in [0.4, 0.5) is 0 Å². The number of ether oxygens (including phenoxy) is 1. The normalized spacial score (nSPS) is 13.3. The van der Waals surface area contributed by atoms with Crippen LogP contribution in [0.25, 0.3) is 0 Å². The second-order valence-electron chi connectivity index (χ2n) is 2.93. The van der Waals surface area contributed by atoms with Crippen LogP contribution in [0.2, 0.25) is 0 Å². The summed E-state index contributed by atoms with van der Waals surface area (Å²) in [6, 6.07) is -0.499. The number of carbonyl (C=O) groups is 1. The first kappa shape index (κ1) is 11.4. The molecule has 0 aliphatic heterocycles. The first-order chi connectivity index (χ1) is 5.54. The van der Waals surface area contributed by atoms with Crippen LogP contribution >= 0.6 is 0 Å². The Morgan fingerprint density at radius 1 is 1.50 bits per heavy atom. The molecule has 0 aromatic rings. The minimum absolute atomic E-state index is 0.201. The first-order valence-corrected chi connectivity index (χ1v) is 4.12. The summed E-state index contributed by atoms with van der Waals surface area (Å²) >= 11 is 0. The highest BCUT2D eigenvalue weighted by Gasteiger charge is 2.08. The molecule has 0 radical (unpaired) electrons. The number of carboxylic acids is 1. The van der Waals surface area contributed by atoms with E-state index in [2.05, 4.69) is 5.32 Å². The predicted octanol–water partition coefficient (Wildman–Crippen LogP) is 0.474. The maximum atomic E-state index is 10.3. The van der Waals surface area contributed by atoms with Crippen molar-refractivity contribution in [1.82, 2.24) is 5.32 Å². The van der Waals surface area contributed by atoms with E-state index >= 15 is 0 Å². The molecular formula is C8H17NO3. The van der Waals surface area contributed by atoms with Crippen molar-refractivity contribution in [3.63, 3.8) is 0 Å². The molecule has 0 fully saturated rings. The van der Waals surface area contributed by atoms with Crippen molar-refractivity contribution in [3.8, 4) is 0 Å². The van der Waals surface area contributed by atoms with E-state index in [1.165, 1.54) is 0 Å².